The van der Waals surface area contributed by atoms with Crippen molar-refractivity contribution < 1.29 is 27.3 Å². The molecule has 1 aromatic heterocycles. The largest absolute Gasteiger partial charge is 0.508 e. The molecule has 0 saturated carbocycles. The number of hydrogen-bond acceptors (Lipinski definition) is 5. The molecule has 1 radical (unpaired) electrons. The van der Waals surface area contributed by atoms with Gasteiger partial charge in [-0.1, -0.05) is 187 Å². The van der Waals surface area contributed by atoms with Gasteiger partial charge in [0.2, 0.25) is 0 Å². The number of aromatic nitrogens is 2. The molecule has 3 N–H and O–H groups in total. The average molecular weight is 851 g/mol. The number of nitrogens with zero attached hydrogens (tertiary/aromatic N) is 3. The van der Waals surface area contributed by atoms with Crippen molar-refractivity contribution in [2.75, 3.05) is 20.1 Å². The number of H-pyrrole nitrogens is 1. The molecule has 61 heavy (non-hydrogen) atoms. The molecule has 0 saturated heterocycles. The molecular formula is C53H60BMnN4O2-. The maximum atomic E-state index is 11.0. The van der Waals surface area contributed by atoms with Gasteiger partial charge in [-0.2, -0.15) is 21.9 Å². The summed E-state index contributed by atoms with van der Waals surface area (Å²) in [5.74, 6) is 0.583. The number of rotatable bonds is 12. The number of likely N-dealkylation sites (N-methyl/N-ethyl adjacent to an activating group) is 1. The Kier molecular flexibility index (Phi) is 15.8. The molecule has 0 aliphatic heterocycles. The van der Waals surface area contributed by atoms with Crippen molar-refractivity contribution in [1.82, 2.24) is 14.9 Å². The standard InChI is InChI=1S/C29H40N4O2.C24H20B.Mn/c1-28(2,3)21-14-20(27(35)24(15-21)29(4,5)6)17-30-12-13-33(7)25(16-22-18-31-19-32-22)23-10-8-9-11-26(23)34;1-5-13-21(14-6-1)25(22-15-7-2-8-16-22,23-17-9-3-10-18-23)24-19-11-4-12-20-24;/h8-11,14-15,17-19,25,34-35H,12-13,16H2,1-7H3,(H,31,32);1-20H;/q;-1;/t25-;;/m0../s1. The van der Waals surface area contributed by atoms with Gasteiger partial charge in [0.1, 0.15) is 17.6 Å². The maximum absolute atomic E-state index is 11.0. The van der Waals surface area contributed by atoms with E-state index in [1.54, 1.807) is 18.6 Å². The zero-order valence-electron chi connectivity index (χ0n) is 36.6. The van der Waals surface area contributed by atoms with Gasteiger partial charge in [-0.3, -0.25) is 9.89 Å². The van der Waals surface area contributed by atoms with E-state index in [9.17, 15) is 10.2 Å². The SMILES string of the molecule is CN(CCN=Cc1cc(C(C)(C)C)cc(C(C)(C)C)c1O)[C@@H](Cc1cnc[nH]1)c1ccccc1O.[Mn].c1ccc([B-](c2ccccc2)(c2ccccc2)c2ccccc2)cc1. The fraction of sp³-hybridized carbons (Fsp3) is 0.245. The Morgan fingerprint density at radius 3 is 1.57 bits per heavy atom. The Balaban J connectivity index is 0.000000238. The van der Waals surface area contributed by atoms with E-state index in [0.717, 1.165) is 22.4 Å². The predicted molar refractivity (Wildman–Crippen MR) is 254 cm³/mol. The molecule has 0 unspecified atom stereocenters. The van der Waals surface area contributed by atoms with Crippen LogP contribution in [0.3, 0.4) is 0 Å². The minimum atomic E-state index is -1.22. The van der Waals surface area contributed by atoms with Gasteiger partial charge in [-0.25, -0.2) is 4.98 Å². The molecule has 6 aromatic carbocycles. The molecule has 7 rings (SSSR count). The van der Waals surface area contributed by atoms with Crippen molar-refractivity contribution in [2.45, 2.75) is 64.8 Å². The number of aromatic amines is 1. The van der Waals surface area contributed by atoms with Gasteiger partial charge in [0.15, 0.2) is 0 Å². The smallest absolute Gasteiger partial charge is 0.128 e. The number of aliphatic imine (C=N–C) groups is 1. The van der Waals surface area contributed by atoms with E-state index < -0.39 is 6.15 Å². The summed E-state index contributed by atoms with van der Waals surface area (Å²) in [6.45, 7) is 14.1. The van der Waals surface area contributed by atoms with Crippen LogP contribution in [0.2, 0.25) is 0 Å². The number of nitrogens with one attached hydrogen (secondary N) is 1. The number of aromatic hydroxyl groups is 2. The van der Waals surface area contributed by atoms with Gasteiger partial charge in [-0.05, 0) is 35.6 Å². The van der Waals surface area contributed by atoms with Crippen molar-refractivity contribution in [3.8, 4) is 11.5 Å². The van der Waals surface area contributed by atoms with Gasteiger partial charge in [0.05, 0.1) is 12.9 Å². The summed E-state index contributed by atoms with van der Waals surface area (Å²) in [4.78, 5) is 14.2. The van der Waals surface area contributed by atoms with Crippen LogP contribution in [-0.4, -0.2) is 57.6 Å². The summed E-state index contributed by atoms with van der Waals surface area (Å²) >= 11 is 0. The number of benzene rings is 6. The maximum Gasteiger partial charge on any atom is 0.128 e. The molecule has 1 heterocycles. The third-order valence-electron chi connectivity index (χ3n) is 11.6. The Bertz CT molecular complexity index is 2250. The van der Waals surface area contributed by atoms with Crippen LogP contribution >= 0.6 is 0 Å². The number of para-hydroxylation sites is 1. The van der Waals surface area contributed by atoms with E-state index >= 15 is 0 Å². The Morgan fingerprint density at radius 1 is 0.672 bits per heavy atom. The fourth-order valence-corrected chi connectivity index (χ4v) is 8.29. The number of imidazole rings is 1. The summed E-state index contributed by atoms with van der Waals surface area (Å²) in [7, 11) is 2.04. The molecule has 1 atom stereocenters. The molecular weight excluding hydrogens is 790 g/mol. The topological polar surface area (TPSA) is 84.7 Å². The van der Waals surface area contributed by atoms with Crippen LogP contribution in [0.25, 0.3) is 0 Å². The average Bonchev–Trinajstić information content (AvgIpc) is 3.77. The van der Waals surface area contributed by atoms with E-state index in [2.05, 4.69) is 189 Å². The van der Waals surface area contributed by atoms with E-state index in [4.69, 9.17) is 0 Å². The van der Waals surface area contributed by atoms with Crippen molar-refractivity contribution >= 4 is 34.2 Å². The second-order valence-corrected chi connectivity index (χ2v) is 17.8. The summed E-state index contributed by atoms with van der Waals surface area (Å²) < 4.78 is 0. The van der Waals surface area contributed by atoms with E-state index in [1.807, 2.05) is 37.5 Å². The quantitative estimate of drug-likeness (QED) is 0.0849. The molecule has 7 aromatic rings. The van der Waals surface area contributed by atoms with E-state index in [-0.39, 0.29) is 39.7 Å². The van der Waals surface area contributed by atoms with Crippen LogP contribution in [0, 0.1) is 0 Å². The molecule has 6 nitrogen and oxygen atoms in total. The molecule has 0 aliphatic carbocycles. The van der Waals surface area contributed by atoms with Crippen molar-refractivity contribution in [2.24, 2.45) is 4.99 Å². The second kappa shape index (κ2) is 20.7. The molecule has 315 valence electrons. The number of phenolic OH excluding ortho intramolecular Hbond substituents is 2. The molecule has 0 aliphatic rings. The van der Waals surface area contributed by atoms with Gasteiger partial charge in [0, 0.05) is 70.9 Å². The van der Waals surface area contributed by atoms with Crippen molar-refractivity contribution in [3.05, 3.63) is 198 Å². The predicted octanol–water partition coefficient (Wildman–Crippen LogP) is 8.81. The van der Waals surface area contributed by atoms with Crippen LogP contribution in [0.15, 0.2) is 175 Å². The van der Waals surface area contributed by atoms with Gasteiger partial charge in [0.25, 0.3) is 0 Å². The third kappa shape index (κ3) is 11.2. The summed E-state index contributed by atoms with van der Waals surface area (Å²) in [6, 6.07) is 55.1. The molecule has 0 fully saturated rings. The van der Waals surface area contributed by atoms with Gasteiger partial charge in [-0.15, -0.1) is 0 Å². The molecule has 0 amide bonds. The first-order valence-electron chi connectivity index (χ1n) is 21.0. The monoisotopic (exact) mass is 850 g/mol. The van der Waals surface area contributed by atoms with Crippen LogP contribution in [0.4, 0.5) is 0 Å². The first-order chi connectivity index (χ1) is 28.8. The molecule has 0 spiro atoms. The normalized spacial score (nSPS) is 12.4. The van der Waals surface area contributed by atoms with Crippen LogP contribution < -0.4 is 21.9 Å². The minimum Gasteiger partial charge on any atom is -0.508 e. The summed E-state index contributed by atoms with van der Waals surface area (Å²) in [6.07, 6.45) is 4.76. The van der Waals surface area contributed by atoms with Crippen LogP contribution in [0.1, 0.15) is 75.5 Å². The number of phenols is 2. The Labute approximate surface area is 374 Å². The molecule has 8 heteroatoms. The van der Waals surface area contributed by atoms with Crippen LogP contribution in [-0.2, 0) is 34.3 Å². The Hall–Kier alpha value is -5.66. The van der Waals surface area contributed by atoms with Gasteiger partial charge < -0.3 is 15.2 Å². The van der Waals surface area contributed by atoms with E-state index in [1.165, 1.54) is 27.4 Å². The zero-order chi connectivity index (χ0) is 42.8. The van der Waals surface area contributed by atoms with Gasteiger partial charge >= 0.3 is 0 Å². The minimum absolute atomic E-state index is 0. The van der Waals surface area contributed by atoms with Crippen molar-refractivity contribution in [3.63, 3.8) is 0 Å². The Morgan fingerprint density at radius 2 is 1.15 bits per heavy atom. The summed E-state index contributed by atoms with van der Waals surface area (Å²) in [5.41, 5.74) is 9.89. The first kappa shape index (κ1) is 46.4. The van der Waals surface area contributed by atoms with Crippen LogP contribution in [0.5, 0.6) is 11.5 Å². The first-order valence-corrected chi connectivity index (χ1v) is 21.0. The summed E-state index contributed by atoms with van der Waals surface area (Å²) in [5, 5.41) is 21.5. The third-order valence-corrected chi connectivity index (χ3v) is 11.6. The second-order valence-electron chi connectivity index (χ2n) is 17.8. The number of hydrogen-bond donors (Lipinski definition) is 3. The van der Waals surface area contributed by atoms with E-state index in [0.29, 0.717) is 25.3 Å². The zero-order valence-corrected chi connectivity index (χ0v) is 37.8. The fourth-order valence-electron chi connectivity index (χ4n) is 8.29. The molecule has 0 bridgehead atoms. The van der Waals surface area contributed by atoms with Crippen molar-refractivity contribution in [1.29, 1.82) is 0 Å².